The molecule has 0 aromatic heterocycles. The number of benzene rings is 1. The van der Waals surface area contributed by atoms with Crippen LogP contribution in [0, 0.1) is 19.3 Å². The molecule has 2 nitrogen and oxygen atoms in total. The van der Waals surface area contributed by atoms with E-state index in [2.05, 4.69) is 0 Å². The van der Waals surface area contributed by atoms with Gasteiger partial charge in [-0.3, -0.25) is 0 Å². The molecule has 0 fully saturated rings. The van der Waals surface area contributed by atoms with E-state index < -0.39 is 16.9 Å². The van der Waals surface area contributed by atoms with Gasteiger partial charge in [-0.05, 0) is 37.1 Å². The molecule has 1 atom stereocenters. The van der Waals surface area contributed by atoms with Crippen LogP contribution in [0.2, 0.25) is 0 Å². The summed E-state index contributed by atoms with van der Waals surface area (Å²) in [6, 6.07) is 3.28. The van der Waals surface area contributed by atoms with Crippen LogP contribution in [-0.4, -0.2) is 18.1 Å². The van der Waals surface area contributed by atoms with Gasteiger partial charge >= 0.3 is 0 Å². The van der Waals surface area contributed by atoms with Crippen LogP contribution in [-0.2, 0) is 5.60 Å². The summed E-state index contributed by atoms with van der Waals surface area (Å²) in [5.74, 6) is -3.02. The fraction of sp³-hybridized carbons (Fsp3) is 0.625. The summed E-state index contributed by atoms with van der Waals surface area (Å²) < 4.78 is 33.6. The predicted molar refractivity (Wildman–Crippen MR) is 76.4 cm³/mol. The summed E-state index contributed by atoms with van der Waals surface area (Å²) in [4.78, 5) is 0. The van der Waals surface area contributed by atoms with Gasteiger partial charge in [0.2, 0.25) is 0 Å². The first-order chi connectivity index (χ1) is 8.86. The summed E-state index contributed by atoms with van der Waals surface area (Å²) in [7, 11) is 1.42. The van der Waals surface area contributed by atoms with Crippen molar-refractivity contribution >= 4 is 0 Å². The number of ether oxygens (including phenoxy) is 1. The Kier molecular flexibility index (Phi) is 4.22. The van der Waals surface area contributed by atoms with Crippen molar-refractivity contribution in [2.45, 2.75) is 53.1 Å². The van der Waals surface area contributed by atoms with Crippen molar-refractivity contribution in [3.05, 3.63) is 28.8 Å². The second kappa shape index (κ2) is 4.99. The third-order valence-electron chi connectivity index (χ3n) is 3.93. The van der Waals surface area contributed by atoms with E-state index in [9.17, 15) is 13.9 Å². The lowest BCUT2D eigenvalue weighted by atomic mass is 9.68. The standard InChI is InChI=1S/C16H24F2O2/c1-10-8-12(13(20-7)9-11(10)2)16(19,14(3,4)5)15(6,17)18/h8-9,19H,1-7H3. The fourth-order valence-electron chi connectivity index (χ4n) is 2.54. The van der Waals surface area contributed by atoms with E-state index in [1.165, 1.54) is 7.11 Å². The molecule has 0 saturated carbocycles. The zero-order chi connectivity index (χ0) is 15.9. The zero-order valence-corrected chi connectivity index (χ0v) is 13.3. The largest absolute Gasteiger partial charge is 0.496 e. The maximum atomic E-state index is 14.2. The molecule has 114 valence electrons. The van der Waals surface area contributed by atoms with Crippen LogP contribution in [0.1, 0.15) is 44.4 Å². The minimum Gasteiger partial charge on any atom is -0.496 e. The first kappa shape index (κ1) is 16.9. The molecule has 1 N–H and O–H groups in total. The van der Waals surface area contributed by atoms with Gasteiger partial charge in [-0.2, -0.15) is 0 Å². The Balaban J connectivity index is 3.72. The van der Waals surface area contributed by atoms with Gasteiger partial charge in [-0.15, -0.1) is 0 Å². The Morgan fingerprint density at radius 2 is 1.45 bits per heavy atom. The van der Waals surface area contributed by atoms with Crippen molar-refractivity contribution in [1.29, 1.82) is 0 Å². The second-order valence-electron chi connectivity index (χ2n) is 6.49. The molecule has 0 spiro atoms. The van der Waals surface area contributed by atoms with Gasteiger partial charge < -0.3 is 9.84 Å². The molecule has 1 aromatic rings. The monoisotopic (exact) mass is 286 g/mol. The van der Waals surface area contributed by atoms with Gasteiger partial charge in [0.15, 0.2) is 5.60 Å². The first-order valence-electron chi connectivity index (χ1n) is 6.62. The number of hydrogen-bond donors (Lipinski definition) is 1. The highest BCUT2D eigenvalue weighted by atomic mass is 19.3. The minimum atomic E-state index is -3.31. The van der Waals surface area contributed by atoms with Gasteiger partial charge in [-0.25, -0.2) is 8.78 Å². The summed E-state index contributed by atoms with van der Waals surface area (Å²) >= 11 is 0. The molecule has 0 aliphatic carbocycles. The summed E-state index contributed by atoms with van der Waals surface area (Å²) in [5.41, 5.74) is -1.47. The molecule has 0 radical (unpaired) electrons. The van der Waals surface area contributed by atoms with E-state index in [4.69, 9.17) is 4.74 Å². The molecular weight excluding hydrogens is 262 g/mol. The van der Waals surface area contributed by atoms with Crippen LogP contribution in [0.4, 0.5) is 8.78 Å². The van der Waals surface area contributed by atoms with E-state index in [1.807, 2.05) is 13.8 Å². The molecule has 1 rings (SSSR count). The van der Waals surface area contributed by atoms with Gasteiger partial charge in [-0.1, -0.05) is 20.8 Å². The first-order valence-corrected chi connectivity index (χ1v) is 6.62. The summed E-state index contributed by atoms with van der Waals surface area (Å²) in [6.45, 7) is 9.24. The normalized spacial score (nSPS) is 15.9. The molecule has 1 aromatic carbocycles. The number of rotatable bonds is 3. The average Bonchev–Trinajstić information content (AvgIpc) is 2.28. The third kappa shape index (κ3) is 2.53. The molecule has 0 aliphatic rings. The van der Waals surface area contributed by atoms with Crippen molar-refractivity contribution in [3.63, 3.8) is 0 Å². The third-order valence-corrected chi connectivity index (χ3v) is 3.93. The Morgan fingerprint density at radius 3 is 1.80 bits per heavy atom. The maximum absolute atomic E-state index is 14.2. The van der Waals surface area contributed by atoms with Gasteiger partial charge in [0.25, 0.3) is 5.92 Å². The van der Waals surface area contributed by atoms with E-state index in [0.29, 0.717) is 0 Å². The Labute approximate surface area is 119 Å². The number of alkyl halides is 2. The Bertz CT molecular complexity index is 482. The molecule has 4 heteroatoms. The van der Waals surface area contributed by atoms with E-state index in [1.54, 1.807) is 32.9 Å². The summed E-state index contributed by atoms with van der Waals surface area (Å²) in [6.07, 6.45) is 0. The fourth-order valence-corrected chi connectivity index (χ4v) is 2.54. The molecule has 0 amide bonds. The molecule has 0 aliphatic heterocycles. The van der Waals surface area contributed by atoms with Crippen LogP contribution in [0.3, 0.4) is 0 Å². The number of methoxy groups -OCH3 is 1. The highest BCUT2D eigenvalue weighted by Crippen LogP contribution is 2.52. The predicted octanol–water partition coefficient (Wildman–Crippen LogP) is 4.20. The zero-order valence-electron chi connectivity index (χ0n) is 13.3. The SMILES string of the molecule is COc1cc(C)c(C)cc1C(O)(C(C)(C)C)C(C)(F)F. The van der Waals surface area contributed by atoms with Crippen molar-refractivity contribution in [1.82, 2.24) is 0 Å². The molecule has 0 saturated heterocycles. The topological polar surface area (TPSA) is 29.5 Å². The number of aliphatic hydroxyl groups is 1. The van der Waals surface area contributed by atoms with Crippen LogP contribution in [0.15, 0.2) is 12.1 Å². The van der Waals surface area contributed by atoms with Crippen molar-refractivity contribution in [2.75, 3.05) is 7.11 Å². The number of hydrogen-bond acceptors (Lipinski definition) is 2. The second-order valence-corrected chi connectivity index (χ2v) is 6.49. The summed E-state index contributed by atoms with van der Waals surface area (Å²) in [5, 5.41) is 10.9. The lowest BCUT2D eigenvalue weighted by Crippen LogP contribution is -2.53. The van der Waals surface area contributed by atoms with Gasteiger partial charge in [0.1, 0.15) is 5.75 Å². The van der Waals surface area contributed by atoms with Crippen molar-refractivity contribution in [3.8, 4) is 5.75 Å². The molecule has 0 heterocycles. The maximum Gasteiger partial charge on any atom is 0.278 e. The Hall–Kier alpha value is -1.16. The number of halogens is 2. The highest BCUT2D eigenvalue weighted by Gasteiger charge is 2.58. The van der Waals surface area contributed by atoms with Crippen LogP contribution >= 0.6 is 0 Å². The van der Waals surface area contributed by atoms with Crippen LogP contribution in [0.25, 0.3) is 0 Å². The minimum absolute atomic E-state index is 0.128. The quantitative estimate of drug-likeness (QED) is 0.902. The van der Waals surface area contributed by atoms with E-state index in [0.717, 1.165) is 18.1 Å². The van der Waals surface area contributed by atoms with Crippen LogP contribution < -0.4 is 4.74 Å². The number of aryl methyl sites for hydroxylation is 2. The van der Waals surface area contributed by atoms with E-state index >= 15 is 0 Å². The lowest BCUT2D eigenvalue weighted by molar-refractivity contribution is -0.227. The van der Waals surface area contributed by atoms with Gasteiger partial charge in [0, 0.05) is 17.9 Å². The Morgan fingerprint density at radius 1 is 1.00 bits per heavy atom. The smallest absolute Gasteiger partial charge is 0.278 e. The van der Waals surface area contributed by atoms with Crippen molar-refractivity contribution in [2.24, 2.45) is 5.41 Å². The lowest BCUT2D eigenvalue weighted by Gasteiger charge is -2.45. The van der Waals surface area contributed by atoms with Gasteiger partial charge in [0.05, 0.1) is 7.11 Å². The van der Waals surface area contributed by atoms with Crippen LogP contribution in [0.5, 0.6) is 5.75 Å². The molecule has 20 heavy (non-hydrogen) atoms. The van der Waals surface area contributed by atoms with Crippen molar-refractivity contribution < 1.29 is 18.6 Å². The highest BCUT2D eigenvalue weighted by molar-refractivity contribution is 5.46. The molecule has 1 unspecified atom stereocenters. The molecular formula is C16H24F2O2. The van der Waals surface area contributed by atoms with E-state index in [-0.39, 0.29) is 11.3 Å². The molecule has 0 bridgehead atoms. The average molecular weight is 286 g/mol.